The summed E-state index contributed by atoms with van der Waals surface area (Å²) in [6.07, 6.45) is 7.43. The third kappa shape index (κ3) is 5.70. The first-order chi connectivity index (χ1) is 17.8. The first kappa shape index (κ1) is 25.8. The van der Waals surface area contributed by atoms with E-state index in [1.54, 1.807) is 0 Å². The van der Waals surface area contributed by atoms with Crippen molar-refractivity contribution in [3.05, 3.63) is 36.0 Å². The van der Waals surface area contributed by atoms with E-state index in [0.717, 1.165) is 48.6 Å². The third-order valence-corrected chi connectivity index (χ3v) is 8.93. The molecule has 0 spiro atoms. The lowest BCUT2D eigenvalue weighted by molar-refractivity contribution is -0.141. The molecule has 3 aliphatic rings. The fraction of sp³-hybridized carbons (Fsp3) is 0.633. The molecule has 3 amide bonds. The van der Waals surface area contributed by atoms with Gasteiger partial charge in [0.05, 0.1) is 0 Å². The minimum absolute atomic E-state index is 0.0787. The summed E-state index contributed by atoms with van der Waals surface area (Å²) >= 11 is 0. The maximum absolute atomic E-state index is 13.6. The van der Waals surface area contributed by atoms with Crippen LogP contribution in [0.25, 0.3) is 10.9 Å². The highest BCUT2D eigenvalue weighted by molar-refractivity contribution is 5.98. The number of likely N-dealkylation sites (tertiary alicyclic amines) is 1. The number of aromatic amines is 1. The van der Waals surface area contributed by atoms with Crippen LogP contribution in [0.5, 0.6) is 0 Å². The van der Waals surface area contributed by atoms with Crippen LogP contribution < -0.4 is 5.32 Å². The monoisotopic (exact) mass is 506 g/mol. The average Bonchev–Trinajstić information content (AvgIpc) is 3.34. The molecule has 5 rings (SSSR count). The number of carbonyl (C=O) groups excluding carboxylic acids is 3. The molecule has 1 aromatic carbocycles. The first-order valence-corrected chi connectivity index (χ1v) is 14.2. The molecule has 2 aromatic rings. The number of benzene rings is 1. The second kappa shape index (κ2) is 10.9. The lowest BCUT2D eigenvalue weighted by atomic mass is 9.77. The molecule has 2 bridgehead atoms. The Kier molecular flexibility index (Phi) is 7.59. The van der Waals surface area contributed by atoms with Crippen molar-refractivity contribution in [3.63, 3.8) is 0 Å². The van der Waals surface area contributed by atoms with Crippen LogP contribution in [0.4, 0.5) is 0 Å². The Bertz CT molecular complexity index is 1140. The zero-order valence-corrected chi connectivity index (χ0v) is 22.5. The summed E-state index contributed by atoms with van der Waals surface area (Å²) in [5.74, 6) is 1.68. The van der Waals surface area contributed by atoms with Crippen molar-refractivity contribution in [1.82, 2.24) is 20.1 Å². The summed E-state index contributed by atoms with van der Waals surface area (Å²) in [6.45, 7) is 8.56. The molecule has 200 valence electrons. The van der Waals surface area contributed by atoms with Gasteiger partial charge in [0.2, 0.25) is 11.8 Å². The SMILES string of the molecule is CC(C)[C@@H]1CC[C@@H](C)CC(=O)N2C[C@H]3C[C@@H](CN(C(=O)c4ccc5[nH]ccc5c4)C3)[C@@H]2CCCC(=O)N1. The summed E-state index contributed by atoms with van der Waals surface area (Å²) in [5.41, 5.74) is 1.75. The van der Waals surface area contributed by atoms with Gasteiger partial charge in [0.15, 0.2) is 0 Å². The molecule has 1 aromatic heterocycles. The van der Waals surface area contributed by atoms with Gasteiger partial charge in [-0.2, -0.15) is 0 Å². The van der Waals surface area contributed by atoms with E-state index >= 15 is 0 Å². The number of H-pyrrole nitrogens is 1. The molecule has 0 unspecified atom stereocenters. The Balaban J connectivity index is 1.33. The van der Waals surface area contributed by atoms with Crippen LogP contribution in [-0.2, 0) is 9.59 Å². The number of carbonyl (C=O) groups is 3. The van der Waals surface area contributed by atoms with Gasteiger partial charge in [0, 0.05) is 67.2 Å². The lowest BCUT2D eigenvalue weighted by Gasteiger charge is -2.51. The Morgan fingerprint density at radius 3 is 2.70 bits per heavy atom. The van der Waals surface area contributed by atoms with E-state index in [4.69, 9.17) is 0 Å². The molecule has 3 fully saturated rings. The number of hydrogen-bond donors (Lipinski definition) is 2. The molecule has 0 aliphatic carbocycles. The zero-order valence-electron chi connectivity index (χ0n) is 22.5. The molecule has 3 saturated heterocycles. The van der Waals surface area contributed by atoms with E-state index in [1.807, 2.05) is 35.4 Å². The molecule has 7 nitrogen and oxygen atoms in total. The van der Waals surface area contributed by atoms with Gasteiger partial charge in [-0.3, -0.25) is 14.4 Å². The first-order valence-electron chi connectivity index (χ1n) is 14.2. The van der Waals surface area contributed by atoms with E-state index in [1.165, 1.54) is 0 Å². The molecule has 0 radical (unpaired) electrons. The van der Waals surface area contributed by atoms with Crippen molar-refractivity contribution in [1.29, 1.82) is 0 Å². The Morgan fingerprint density at radius 1 is 1.05 bits per heavy atom. The number of nitrogens with zero attached hydrogens (tertiary/aromatic N) is 2. The molecule has 7 heteroatoms. The van der Waals surface area contributed by atoms with Crippen LogP contribution in [-0.4, -0.2) is 64.2 Å². The summed E-state index contributed by atoms with van der Waals surface area (Å²) in [4.78, 5) is 47.2. The van der Waals surface area contributed by atoms with Gasteiger partial charge in [-0.1, -0.05) is 20.8 Å². The normalized spacial score (nSPS) is 29.8. The fourth-order valence-corrected chi connectivity index (χ4v) is 6.84. The summed E-state index contributed by atoms with van der Waals surface area (Å²) in [6, 6.07) is 8.10. The van der Waals surface area contributed by atoms with Crippen molar-refractivity contribution in [2.24, 2.45) is 23.7 Å². The van der Waals surface area contributed by atoms with Crippen LogP contribution in [0.3, 0.4) is 0 Å². The molecule has 3 aliphatic heterocycles. The van der Waals surface area contributed by atoms with Gasteiger partial charge >= 0.3 is 0 Å². The van der Waals surface area contributed by atoms with Gasteiger partial charge in [0.25, 0.3) is 5.91 Å². The van der Waals surface area contributed by atoms with Crippen molar-refractivity contribution >= 4 is 28.6 Å². The molecule has 4 heterocycles. The minimum atomic E-state index is 0.0787. The third-order valence-electron chi connectivity index (χ3n) is 8.93. The van der Waals surface area contributed by atoms with E-state index < -0.39 is 0 Å². The number of piperidine rings is 2. The molecule has 2 N–H and O–H groups in total. The quantitative estimate of drug-likeness (QED) is 0.625. The van der Waals surface area contributed by atoms with Crippen LogP contribution in [0.1, 0.15) is 76.1 Å². The van der Waals surface area contributed by atoms with Gasteiger partial charge in [0.1, 0.15) is 0 Å². The van der Waals surface area contributed by atoms with Gasteiger partial charge in [-0.05, 0) is 80.0 Å². The highest BCUT2D eigenvalue weighted by Crippen LogP contribution is 2.37. The maximum Gasteiger partial charge on any atom is 0.253 e. The van der Waals surface area contributed by atoms with Crippen molar-refractivity contribution in [2.75, 3.05) is 19.6 Å². The Labute approximate surface area is 220 Å². The topological polar surface area (TPSA) is 85.5 Å². The largest absolute Gasteiger partial charge is 0.361 e. The summed E-state index contributed by atoms with van der Waals surface area (Å²) in [7, 11) is 0. The number of nitrogens with one attached hydrogen (secondary N) is 2. The van der Waals surface area contributed by atoms with E-state index in [-0.39, 0.29) is 41.6 Å². The number of fused-ring (bicyclic) bond motifs is 5. The predicted octanol–water partition coefficient (Wildman–Crippen LogP) is 4.59. The predicted molar refractivity (Wildman–Crippen MR) is 145 cm³/mol. The molecular weight excluding hydrogens is 464 g/mol. The second-order valence-corrected chi connectivity index (χ2v) is 12.2. The van der Waals surface area contributed by atoms with E-state index in [2.05, 4.69) is 36.0 Å². The van der Waals surface area contributed by atoms with Crippen LogP contribution in [0, 0.1) is 23.7 Å². The molecule has 37 heavy (non-hydrogen) atoms. The van der Waals surface area contributed by atoms with Crippen LogP contribution in [0.15, 0.2) is 30.5 Å². The zero-order chi connectivity index (χ0) is 26.1. The highest BCUT2D eigenvalue weighted by Gasteiger charge is 2.43. The molecular formula is C30H42N4O3. The average molecular weight is 507 g/mol. The number of hydrogen-bond acceptors (Lipinski definition) is 3. The van der Waals surface area contributed by atoms with Crippen LogP contribution >= 0.6 is 0 Å². The van der Waals surface area contributed by atoms with Crippen molar-refractivity contribution in [2.45, 2.75) is 77.8 Å². The molecule has 5 atom stereocenters. The van der Waals surface area contributed by atoms with Crippen LogP contribution in [0.2, 0.25) is 0 Å². The standard InChI is InChI=1S/C30H42N4O3/c1-19(2)25-9-7-20(3)13-29(36)34-17-21-14-24(27(34)5-4-6-28(35)32-25)18-33(16-21)30(37)23-8-10-26-22(15-23)11-12-31-26/h8,10-12,15,19-21,24-25,27,31H,4-7,9,13-14,16-18H2,1-3H3,(H,32,35)/t20-,21+,24+,25+,27+/m1/s1. The van der Waals surface area contributed by atoms with Gasteiger partial charge in [-0.15, -0.1) is 0 Å². The minimum Gasteiger partial charge on any atom is -0.361 e. The van der Waals surface area contributed by atoms with Gasteiger partial charge < -0.3 is 20.1 Å². The van der Waals surface area contributed by atoms with Gasteiger partial charge in [-0.25, -0.2) is 0 Å². The number of rotatable bonds is 2. The summed E-state index contributed by atoms with van der Waals surface area (Å²) < 4.78 is 0. The Morgan fingerprint density at radius 2 is 1.89 bits per heavy atom. The Hall–Kier alpha value is -2.83. The number of aromatic nitrogens is 1. The van der Waals surface area contributed by atoms with E-state index in [9.17, 15) is 14.4 Å². The number of amides is 3. The molecule has 0 saturated carbocycles. The van der Waals surface area contributed by atoms with E-state index in [0.29, 0.717) is 44.3 Å². The second-order valence-electron chi connectivity index (χ2n) is 12.2. The summed E-state index contributed by atoms with van der Waals surface area (Å²) in [5, 5.41) is 4.30. The van der Waals surface area contributed by atoms with Crippen molar-refractivity contribution < 1.29 is 14.4 Å². The van der Waals surface area contributed by atoms with Crippen molar-refractivity contribution in [3.8, 4) is 0 Å². The smallest absolute Gasteiger partial charge is 0.253 e. The highest BCUT2D eigenvalue weighted by atomic mass is 16.2. The fourth-order valence-electron chi connectivity index (χ4n) is 6.84. The lowest BCUT2D eigenvalue weighted by Crippen LogP contribution is -2.60. The maximum atomic E-state index is 13.6.